The number of hydrogen-bond acceptors (Lipinski definition) is 2. The van der Waals surface area contributed by atoms with Crippen molar-refractivity contribution in [2.75, 3.05) is 0 Å². The Morgan fingerprint density at radius 1 is 0.538 bits per heavy atom. The van der Waals surface area contributed by atoms with Crippen LogP contribution >= 0.6 is 0 Å². The molecule has 5 aliphatic rings. The molecular formula is C76H68O2. The molecule has 0 saturated carbocycles. The molecule has 0 spiro atoms. The van der Waals surface area contributed by atoms with E-state index in [2.05, 4.69) is 238 Å². The highest BCUT2D eigenvalue weighted by Gasteiger charge is 2.46. The lowest BCUT2D eigenvalue weighted by Gasteiger charge is -2.33. The minimum atomic E-state index is -0.167. The smallest absolute Gasteiger partial charge is 0.143 e. The molecule has 8 aromatic carbocycles. The Morgan fingerprint density at radius 3 is 1.97 bits per heavy atom. The van der Waals surface area contributed by atoms with Gasteiger partial charge in [-0.2, -0.15) is 0 Å². The quantitative estimate of drug-likeness (QED) is 0.159. The first-order valence-electron chi connectivity index (χ1n) is 28.8. The number of allylic oxidation sites excluding steroid dienone is 8. The highest BCUT2D eigenvalue weighted by molar-refractivity contribution is 6.18. The molecule has 78 heavy (non-hydrogen) atoms. The second-order valence-electron chi connectivity index (χ2n) is 26.3. The lowest BCUT2D eigenvalue weighted by atomic mass is 9.71. The molecule has 2 nitrogen and oxygen atoms in total. The first-order valence-corrected chi connectivity index (χ1v) is 28.8. The summed E-state index contributed by atoms with van der Waals surface area (Å²) in [4.78, 5) is 0. The van der Waals surface area contributed by atoms with Crippen molar-refractivity contribution in [3.8, 4) is 33.4 Å². The largest absolute Gasteiger partial charge is 0.456 e. The van der Waals surface area contributed by atoms with Crippen molar-refractivity contribution in [3.63, 3.8) is 0 Å². The van der Waals surface area contributed by atoms with Crippen LogP contribution in [0.5, 0.6) is 0 Å². The van der Waals surface area contributed by atoms with Gasteiger partial charge in [0.15, 0.2) is 0 Å². The van der Waals surface area contributed by atoms with Gasteiger partial charge in [0.1, 0.15) is 22.3 Å². The van der Waals surface area contributed by atoms with Crippen molar-refractivity contribution in [2.45, 2.75) is 116 Å². The van der Waals surface area contributed by atoms with E-state index >= 15 is 0 Å². The van der Waals surface area contributed by atoms with Crippen molar-refractivity contribution in [2.24, 2.45) is 11.8 Å². The van der Waals surface area contributed by atoms with Gasteiger partial charge < -0.3 is 8.83 Å². The fourth-order valence-electron chi connectivity index (χ4n) is 15.4. The highest BCUT2D eigenvalue weighted by atomic mass is 16.3. The van der Waals surface area contributed by atoms with Crippen molar-refractivity contribution >= 4 is 55.0 Å². The van der Waals surface area contributed by atoms with Crippen LogP contribution in [0.4, 0.5) is 0 Å². The average Bonchev–Trinajstić information content (AvgIpc) is 3.94. The van der Waals surface area contributed by atoms with E-state index in [1.165, 1.54) is 111 Å². The minimum absolute atomic E-state index is 0.108. The van der Waals surface area contributed by atoms with Crippen LogP contribution in [0.3, 0.4) is 0 Å². The first kappa shape index (κ1) is 47.5. The Kier molecular flexibility index (Phi) is 10.2. The Bertz CT molecular complexity index is 4330. The number of para-hydroxylation sites is 2. The van der Waals surface area contributed by atoms with Crippen LogP contribution in [-0.4, -0.2) is 0 Å². The SMILES string of the molecule is CC(C)(C)c1ccc(CC(CC2C=CC3=C(C2)C(C)(C)c2cc(-c4cccc(-c5ccccc5)c4)c4oc5ccccc5c4c23)C2=CC3=C(CC2)c2cc4c(cc2C3(C)C)-c2c(ccc3oc5ccccc5c23)C4(C)C)cc1. The highest BCUT2D eigenvalue weighted by Crippen LogP contribution is 2.60. The maximum absolute atomic E-state index is 6.95. The van der Waals surface area contributed by atoms with E-state index < -0.39 is 0 Å². The van der Waals surface area contributed by atoms with Gasteiger partial charge in [-0.3, -0.25) is 0 Å². The predicted octanol–water partition coefficient (Wildman–Crippen LogP) is 20.8. The van der Waals surface area contributed by atoms with Gasteiger partial charge in [-0.1, -0.05) is 207 Å². The summed E-state index contributed by atoms with van der Waals surface area (Å²) >= 11 is 0. The Morgan fingerprint density at radius 2 is 1.21 bits per heavy atom. The molecule has 2 heteroatoms. The summed E-state index contributed by atoms with van der Waals surface area (Å²) in [6.45, 7) is 21.8. The minimum Gasteiger partial charge on any atom is -0.456 e. The molecule has 0 saturated heterocycles. The summed E-state index contributed by atoms with van der Waals surface area (Å²) in [6, 6.07) is 58.9. The zero-order valence-electron chi connectivity index (χ0n) is 46.7. The fourth-order valence-corrected chi connectivity index (χ4v) is 15.4. The third-order valence-electron chi connectivity index (χ3n) is 19.7. The van der Waals surface area contributed by atoms with Crippen LogP contribution in [0.25, 0.3) is 88.4 Å². The summed E-state index contributed by atoms with van der Waals surface area (Å²) < 4.78 is 13.5. The van der Waals surface area contributed by atoms with E-state index in [9.17, 15) is 0 Å². The van der Waals surface area contributed by atoms with Gasteiger partial charge in [-0.25, -0.2) is 0 Å². The third-order valence-corrected chi connectivity index (χ3v) is 19.7. The van der Waals surface area contributed by atoms with Gasteiger partial charge >= 0.3 is 0 Å². The predicted molar refractivity (Wildman–Crippen MR) is 327 cm³/mol. The number of fused-ring (bicyclic) bond motifs is 15. The average molecular weight is 1010 g/mol. The maximum atomic E-state index is 6.95. The molecule has 15 rings (SSSR count). The molecule has 0 amide bonds. The number of rotatable bonds is 7. The standard InChI is InChI=1S/C76H68O2/c1-73(2,3)51-30-26-44(27-31-51)36-50(48-29-33-52-57-42-63-58(43-62(57)75(6,7)61(52)40-48)69-59(74(63,4)5)34-35-67-70(69)54-22-13-15-24-65(54)77-67)37-45-28-32-53-60(38-45)76(8,9)64-41-56(49-21-17-20-47(39-49)46-18-11-10-12-19-46)72-71(68(53)64)55-23-14-16-25-66(55)78-72/h10-28,30-32,34-35,39-43,45,50H,29,33,36-38H2,1-9H3. The summed E-state index contributed by atoms with van der Waals surface area (Å²) in [5, 5.41) is 4.90. The molecule has 10 aromatic rings. The molecule has 2 atom stereocenters. The van der Waals surface area contributed by atoms with Crippen LogP contribution in [-0.2, 0) is 28.1 Å². The van der Waals surface area contributed by atoms with Gasteiger partial charge in [0, 0.05) is 43.4 Å². The molecule has 2 aromatic heterocycles. The lowest BCUT2D eigenvalue weighted by molar-refractivity contribution is 0.431. The topological polar surface area (TPSA) is 26.3 Å². The molecule has 5 aliphatic carbocycles. The number of hydrogen-bond donors (Lipinski definition) is 0. The summed E-state index contributed by atoms with van der Waals surface area (Å²) in [5.74, 6) is 0.801. The molecule has 0 N–H and O–H groups in total. The van der Waals surface area contributed by atoms with E-state index in [0.29, 0.717) is 11.8 Å². The Hall–Kier alpha value is -7.68. The second-order valence-corrected chi connectivity index (χ2v) is 26.3. The van der Waals surface area contributed by atoms with E-state index in [1.54, 1.807) is 16.7 Å². The van der Waals surface area contributed by atoms with Crippen molar-refractivity contribution in [3.05, 3.63) is 237 Å². The van der Waals surface area contributed by atoms with E-state index in [4.69, 9.17) is 8.83 Å². The second kappa shape index (κ2) is 16.7. The van der Waals surface area contributed by atoms with Crippen LogP contribution in [0.1, 0.15) is 133 Å². The number of benzene rings is 8. The van der Waals surface area contributed by atoms with Crippen molar-refractivity contribution in [1.82, 2.24) is 0 Å². The lowest BCUT2D eigenvalue weighted by Crippen LogP contribution is -2.23. The third kappa shape index (κ3) is 6.93. The zero-order valence-corrected chi connectivity index (χ0v) is 46.7. The Balaban J connectivity index is 0.801. The maximum Gasteiger partial charge on any atom is 0.143 e. The van der Waals surface area contributed by atoms with Crippen molar-refractivity contribution < 1.29 is 8.83 Å². The summed E-state index contributed by atoms with van der Waals surface area (Å²) in [5.41, 5.74) is 30.1. The van der Waals surface area contributed by atoms with Gasteiger partial charge in [-0.15, -0.1) is 0 Å². The molecule has 384 valence electrons. The summed E-state index contributed by atoms with van der Waals surface area (Å²) in [7, 11) is 0. The van der Waals surface area contributed by atoms with E-state index in [1.807, 2.05) is 0 Å². The van der Waals surface area contributed by atoms with E-state index in [-0.39, 0.29) is 21.7 Å². The molecule has 2 unspecified atom stereocenters. The molecular weight excluding hydrogens is 945 g/mol. The van der Waals surface area contributed by atoms with Gasteiger partial charge in [0.25, 0.3) is 0 Å². The van der Waals surface area contributed by atoms with Gasteiger partial charge in [0.2, 0.25) is 0 Å². The Labute approximate surface area is 459 Å². The monoisotopic (exact) mass is 1010 g/mol. The number of furan rings is 2. The first-order chi connectivity index (χ1) is 37.5. The molecule has 0 aliphatic heterocycles. The molecule has 0 radical (unpaired) electrons. The molecule has 0 bridgehead atoms. The fraction of sp³-hybridized carbons (Fsp3) is 0.263. The van der Waals surface area contributed by atoms with Gasteiger partial charge in [-0.05, 0) is 181 Å². The van der Waals surface area contributed by atoms with Crippen LogP contribution in [0, 0.1) is 11.8 Å². The van der Waals surface area contributed by atoms with Crippen LogP contribution in [0.2, 0.25) is 0 Å². The zero-order chi connectivity index (χ0) is 53.2. The van der Waals surface area contributed by atoms with Crippen LogP contribution < -0.4 is 0 Å². The molecule has 2 heterocycles. The van der Waals surface area contributed by atoms with Crippen LogP contribution in [0.15, 0.2) is 202 Å². The van der Waals surface area contributed by atoms with E-state index in [0.717, 1.165) is 54.4 Å². The molecule has 0 fully saturated rings. The van der Waals surface area contributed by atoms with Crippen molar-refractivity contribution in [1.29, 1.82) is 0 Å². The van der Waals surface area contributed by atoms with Gasteiger partial charge in [0.05, 0.1) is 0 Å². The summed E-state index contributed by atoms with van der Waals surface area (Å²) in [6.07, 6.45) is 13.2. The normalized spacial score (nSPS) is 18.8.